The molecule has 3 rings (SSSR count). The maximum Gasteiger partial charge on any atom is 0.179 e. The van der Waals surface area contributed by atoms with Crippen LogP contribution in [-0.4, -0.2) is 19.4 Å². The Balaban J connectivity index is 1.82. The molecule has 1 aliphatic heterocycles. The number of anilines is 1. The summed E-state index contributed by atoms with van der Waals surface area (Å²) in [5.41, 5.74) is 8.25. The number of aryl methyl sites for hydroxylation is 1. The van der Waals surface area contributed by atoms with E-state index in [0.29, 0.717) is 10.6 Å². The Kier molecular flexibility index (Phi) is 3.71. The van der Waals surface area contributed by atoms with Gasteiger partial charge >= 0.3 is 0 Å². The van der Waals surface area contributed by atoms with Crippen LogP contribution in [0, 0.1) is 6.92 Å². The van der Waals surface area contributed by atoms with Crippen LogP contribution in [-0.2, 0) is 16.3 Å². The third kappa shape index (κ3) is 2.94. The van der Waals surface area contributed by atoms with Crippen molar-refractivity contribution in [3.05, 3.63) is 53.6 Å². The highest BCUT2D eigenvalue weighted by molar-refractivity contribution is 8.01. The maximum absolute atomic E-state index is 12.6. The van der Waals surface area contributed by atoms with E-state index in [9.17, 15) is 8.42 Å². The number of fused-ring (bicyclic) bond motifs is 1. The van der Waals surface area contributed by atoms with E-state index in [4.69, 9.17) is 5.73 Å². The molecule has 5 heteroatoms. The summed E-state index contributed by atoms with van der Waals surface area (Å²) < 4.78 is 25.2. The summed E-state index contributed by atoms with van der Waals surface area (Å²) in [6.45, 7) is 1.79. The first-order chi connectivity index (χ1) is 9.95. The molecular weight excluding hydrogens is 302 g/mol. The number of hydrogen-bond donors (Lipinski definition) is 1. The zero-order valence-corrected chi connectivity index (χ0v) is 13.4. The minimum Gasteiger partial charge on any atom is -0.399 e. The fourth-order valence-electron chi connectivity index (χ4n) is 2.70. The molecule has 21 heavy (non-hydrogen) atoms. The second-order valence-electron chi connectivity index (χ2n) is 5.36. The molecule has 0 aromatic heterocycles. The van der Waals surface area contributed by atoms with Crippen LogP contribution >= 0.6 is 11.8 Å². The van der Waals surface area contributed by atoms with Gasteiger partial charge in [0.25, 0.3) is 0 Å². The average Bonchev–Trinajstić information content (AvgIpc) is 2.79. The highest BCUT2D eigenvalue weighted by atomic mass is 32.2. The predicted molar refractivity (Wildman–Crippen MR) is 87.4 cm³/mol. The molecule has 2 aromatic carbocycles. The van der Waals surface area contributed by atoms with Crippen molar-refractivity contribution < 1.29 is 8.42 Å². The molecule has 0 aliphatic carbocycles. The molecule has 1 atom stereocenters. The van der Waals surface area contributed by atoms with Crippen molar-refractivity contribution >= 4 is 27.3 Å². The van der Waals surface area contributed by atoms with Gasteiger partial charge in [-0.05, 0) is 48.7 Å². The first-order valence-electron chi connectivity index (χ1n) is 6.79. The van der Waals surface area contributed by atoms with E-state index in [1.54, 1.807) is 36.9 Å². The van der Waals surface area contributed by atoms with Gasteiger partial charge in [-0.2, -0.15) is 0 Å². The fourth-order valence-corrected chi connectivity index (χ4v) is 6.21. The average molecular weight is 319 g/mol. The van der Waals surface area contributed by atoms with Gasteiger partial charge in [0.05, 0.1) is 10.6 Å². The van der Waals surface area contributed by atoms with Crippen LogP contribution in [0.15, 0.2) is 52.3 Å². The normalized spacial score (nSPS) is 17.7. The molecule has 0 saturated carbocycles. The quantitative estimate of drug-likeness (QED) is 0.883. The molecule has 2 N–H and O–H groups in total. The van der Waals surface area contributed by atoms with Crippen LogP contribution in [0.3, 0.4) is 0 Å². The SMILES string of the molecule is Cc1cc(N)ccc1S(=O)(=O)CC1Cc2ccccc2S1. The van der Waals surface area contributed by atoms with Gasteiger partial charge in [-0.1, -0.05) is 18.2 Å². The van der Waals surface area contributed by atoms with Crippen LogP contribution < -0.4 is 5.73 Å². The zero-order chi connectivity index (χ0) is 15.0. The first kappa shape index (κ1) is 14.5. The van der Waals surface area contributed by atoms with Crippen LogP contribution in [0.1, 0.15) is 11.1 Å². The fraction of sp³-hybridized carbons (Fsp3) is 0.250. The molecule has 0 bridgehead atoms. The highest BCUT2D eigenvalue weighted by Gasteiger charge is 2.28. The predicted octanol–water partition coefficient (Wildman–Crippen LogP) is 3.07. The van der Waals surface area contributed by atoms with Crippen molar-refractivity contribution in [2.24, 2.45) is 0 Å². The van der Waals surface area contributed by atoms with Gasteiger partial charge in [-0.3, -0.25) is 0 Å². The smallest absolute Gasteiger partial charge is 0.179 e. The van der Waals surface area contributed by atoms with E-state index in [1.807, 2.05) is 12.1 Å². The van der Waals surface area contributed by atoms with Gasteiger partial charge in [0.2, 0.25) is 0 Å². The molecule has 1 aliphatic rings. The molecule has 110 valence electrons. The lowest BCUT2D eigenvalue weighted by Crippen LogP contribution is -2.18. The summed E-state index contributed by atoms with van der Waals surface area (Å²) in [6.07, 6.45) is 0.814. The van der Waals surface area contributed by atoms with Crippen LogP contribution in [0.2, 0.25) is 0 Å². The van der Waals surface area contributed by atoms with Gasteiger partial charge in [0, 0.05) is 15.8 Å². The van der Waals surface area contributed by atoms with Crippen molar-refractivity contribution in [1.29, 1.82) is 0 Å². The molecule has 0 amide bonds. The highest BCUT2D eigenvalue weighted by Crippen LogP contribution is 2.38. The largest absolute Gasteiger partial charge is 0.399 e. The van der Waals surface area contributed by atoms with Crippen LogP contribution in [0.5, 0.6) is 0 Å². The zero-order valence-electron chi connectivity index (χ0n) is 11.7. The molecular formula is C16H17NO2S2. The van der Waals surface area contributed by atoms with E-state index < -0.39 is 9.84 Å². The van der Waals surface area contributed by atoms with Gasteiger partial charge in [0.15, 0.2) is 9.84 Å². The number of thioether (sulfide) groups is 1. The second kappa shape index (κ2) is 5.39. The Labute approximate surface area is 129 Å². The molecule has 3 nitrogen and oxygen atoms in total. The Bertz CT molecular complexity index is 760. The van der Waals surface area contributed by atoms with Crippen molar-refractivity contribution in [2.45, 2.75) is 28.4 Å². The Morgan fingerprint density at radius 2 is 2.00 bits per heavy atom. The lowest BCUT2D eigenvalue weighted by atomic mass is 10.1. The summed E-state index contributed by atoms with van der Waals surface area (Å²) in [7, 11) is -3.29. The Morgan fingerprint density at radius 1 is 1.24 bits per heavy atom. The molecule has 0 radical (unpaired) electrons. The number of benzene rings is 2. The van der Waals surface area contributed by atoms with Crippen LogP contribution in [0.4, 0.5) is 5.69 Å². The number of sulfone groups is 1. The van der Waals surface area contributed by atoms with Crippen LogP contribution in [0.25, 0.3) is 0 Å². The number of hydrogen-bond acceptors (Lipinski definition) is 4. The second-order valence-corrected chi connectivity index (χ2v) is 8.70. The summed E-state index contributed by atoms with van der Waals surface area (Å²) in [6, 6.07) is 13.1. The molecule has 0 spiro atoms. The van der Waals surface area contributed by atoms with Gasteiger partial charge in [-0.15, -0.1) is 11.8 Å². The first-order valence-corrected chi connectivity index (χ1v) is 9.32. The number of rotatable bonds is 3. The molecule has 0 fully saturated rings. The Hall–Kier alpha value is -1.46. The minimum atomic E-state index is -3.29. The standard InChI is InChI=1S/C16H17NO2S2/c1-11-8-13(17)6-7-16(11)21(18,19)10-14-9-12-4-2-3-5-15(12)20-14/h2-8,14H,9-10,17H2,1H3. The van der Waals surface area contributed by atoms with Crippen molar-refractivity contribution in [3.8, 4) is 0 Å². The monoisotopic (exact) mass is 319 g/mol. The van der Waals surface area contributed by atoms with Gasteiger partial charge in [0.1, 0.15) is 0 Å². The summed E-state index contributed by atoms with van der Waals surface area (Å²) in [5, 5.41) is 0.0874. The van der Waals surface area contributed by atoms with E-state index in [0.717, 1.165) is 12.0 Å². The van der Waals surface area contributed by atoms with E-state index in [-0.39, 0.29) is 11.0 Å². The Morgan fingerprint density at radius 3 is 2.71 bits per heavy atom. The van der Waals surface area contributed by atoms with E-state index in [1.165, 1.54) is 10.5 Å². The number of nitrogens with two attached hydrogens (primary N) is 1. The van der Waals surface area contributed by atoms with Crippen molar-refractivity contribution in [1.82, 2.24) is 0 Å². The minimum absolute atomic E-state index is 0.0874. The molecule has 1 heterocycles. The lowest BCUT2D eigenvalue weighted by Gasteiger charge is -2.12. The number of nitrogen functional groups attached to an aromatic ring is 1. The van der Waals surface area contributed by atoms with Crippen molar-refractivity contribution in [2.75, 3.05) is 11.5 Å². The third-order valence-corrected chi connectivity index (χ3v) is 7.15. The van der Waals surface area contributed by atoms with E-state index in [2.05, 4.69) is 12.1 Å². The summed E-state index contributed by atoms with van der Waals surface area (Å²) >= 11 is 1.66. The molecule has 0 saturated heterocycles. The summed E-state index contributed by atoms with van der Waals surface area (Å²) in [4.78, 5) is 1.60. The van der Waals surface area contributed by atoms with Gasteiger partial charge < -0.3 is 5.73 Å². The van der Waals surface area contributed by atoms with Gasteiger partial charge in [-0.25, -0.2) is 8.42 Å². The third-order valence-electron chi connectivity index (χ3n) is 3.65. The maximum atomic E-state index is 12.6. The molecule has 1 unspecified atom stereocenters. The lowest BCUT2D eigenvalue weighted by molar-refractivity contribution is 0.593. The van der Waals surface area contributed by atoms with Crippen molar-refractivity contribution in [3.63, 3.8) is 0 Å². The topological polar surface area (TPSA) is 60.2 Å². The summed E-state index contributed by atoms with van der Waals surface area (Å²) in [5.74, 6) is 0.164. The van der Waals surface area contributed by atoms with E-state index >= 15 is 0 Å². The molecule has 2 aromatic rings.